The van der Waals surface area contributed by atoms with Crippen molar-refractivity contribution in [2.24, 2.45) is 0 Å². The molecule has 1 aliphatic rings. The molecule has 0 bridgehead atoms. The molecule has 0 aliphatic carbocycles. The maximum atomic E-state index is 13.5. The van der Waals surface area contributed by atoms with Gasteiger partial charge in [0.05, 0.1) is 18.2 Å². The van der Waals surface area contributed by atoms with Crippen molar-refractivity contribution in [1.82, 2.24) is 0 Å². The molecule has 0 fully saturated rings. The molecule has 0 unspecified atom stereocenters. The number of amides is 2. The highest BCUT2D eigenvalue weighted by Crippen LogP contribution is 2.36. The van der Waals surface area contributed by atoms with Crippen LogP contribution < -0.4 is 15.0 Å². The van der Waals surface area contributed by atoms with Crippen LogP contribution in [0.25, 0.3) is 0 Å². The Balaban J connectivity index is 1.44. The summed E-state index contributed by atoms with van der Waals surface area (Å²) in [6, 6.07) is 34.7. The van der Waals surface area contributed by atoms with Crippen LogP contribution >= 0.6 is 0 Å². The number of hydrogen-bond acceptors (Lipinski definition) is 3. The summed E-state index contributed by atoms with van der Waals surface area (Å²) in [4.78, 5) is 27.9. The summed E-state index contributed by atoms with van der Waals surface area (Å²) in [6.07, 6.45) is 0. The van der Waals surface area contributed by atoms with Gasteiger partial charge in [0.15, 0.2) is 6.61 Å². The van der Waals surface area contributed by atoms with Crippen LogP contribution in [-0.4, -0.2) is 18.4 Å². The van der Waals surface area contributed by atoms with Crippen molar-refractivity contribution in [3.63, 3.8) is 0 Å². The second kappa shape index (κ2) is 9.63. The first kappa shape index (κ1) is 21.5. The van der Waals surface area contributed by atoms with E-state index in [0.717, 1.165) is 16.7 Å². The second-order valence-corrected chi connectivity index (χ2v) is 8.18. The molecule has 1 N–H and O–H groups in total. The zero-order chi connectivity index (χ0) is 23.3. The first-order valence-corrected chi connectivity index (χ1v) is 11.2. The maximum absolute atomic E-state index is 13.5. The van der Waals surface area contributed by atoms with E-state index in [4.69, 9.17) is 4.74 Å². The Kier molecular flexibility index (Phi) is 6.08. The van der Waals surface area contributed by atoms with Crippen LogP contribution in [0, 0.1) is 0 Å². The third-order valence-electron chi connectivity index (χ3n) is 5.88. The highest BCUT2D eigenvalue weighted by atomic mass is 16.5. The van der Waals surface area contributed by atoms with Gasteiger partial charge in [0.1, 0.15) is 5.75 Å². The maximum Gasteiger partial charge on any atom is 0.265 e. The molecule has 0 atom stereocenters. The number of benzene rings is 4. The van der Waals surface area contributed by atoms with Gasteiger partial charge in [-0.3, -0.25) is 9.59 Å². The van der Waals surface area contributed by atoms with Crippen LogP contribution in [0.3, 0.4) is 0 Å². The van der Waals surface area contributed by atoms with Crippen LogP contribution in [-0.2, 0) is 16.1 Å². The minimum atomic E-state index is -0.461. The van der Waals surface area contributed by atoms with E-state index in [0.29, 0.717) is 23.7 Å². The molecule has 5 nitrogen and oxygen atoms in total. The van der Waals surface area contributed by atoms with Gasteiger partial charge in [-0.15, -0.1) is 0 Å². The van der Waals surface area contributed by atoms with Gasteiger partial charge in [-0.1, -0.05) is 91.0 Å². The molecule has 168 valence electrons. The number of nitrogens with one attached hydrogen (secondary N) is 1. The number of hydrogen-bond donors (Lipinski definition) is 1. The molecular formula is C29H24N2O3. The lowest BCUT2D eigenvalue weighted by atomic mass is 9.90. The normalized spacial score (nSPS) is 12.7. The largest absolute Gasteiger partial charge is 0.482 e. The van der Waals surface area contributed by atoms with Crippen molar-refractivity contribution in [3.05, 3.63) is 126 Å². The lowest BCUT2D eigenvalue weighted by Gasteiger charge is -2.30. The fraction of sp³-hybridized carbons (Fsp3) is 0.103. The van der Waals surface area contributed by atoms with Gasteiger partial charge in [-0.2, -0.15) is 0 Å². The zero-order valence-electron chi connectivity index (χ0n) is 18.6. The van der Waals surface area contributed by atoms with Crippen molar-refractivity contribution < 1.29 is 14.3 Å². The van der Waals surface area contributed by atoms with Crippen molar-refractivity contribution in [2.75, 3.05) is 16.8 Å². The van der Waals surface area contributed by atoms with E-state index in [1.807, 2.05) is 91.0 Å². The van der Waals surface area contributed by atoms with Crippen molar-refractivity contribution in [3.8, 4) is 5.75 Å². The number of ether oxygens (including phenoxy) is 1. The van der Waals surface area contributed by atoms with Crippen LogP contribution in [0.4, 0.5) is 11.4 Å². The minimum absolute atomic E-state index is 0.00434. The number of anilines is 2. The summed E-state index contributed by atoms with van der Waals surface area (Å²) in [7, 11) is 0. The van der Waals surface area contributed by atoms with E-state index in [1.54, 1.807) is 23.1 Å². The first-order chi connectivity index (χ1) is 16.7. The van der Waals surface area contributed by atoms with Gasteiger partial charge in [0.2, 0.25) is 5.91 Å². The third-order valence-corrected chi connectivity index (χ3v) is 5.88. The number of carbonyl (C=O) groups is 2. The fourth-order valence-corrected chi connectivity index (χ4v) is 4.22. The Bertz CT molecular complexity index is 1250. The molecule has 0 radical (unpaired) electrons. The molecule has 34 heavy (non-hydrogen) atoms. The van der Waals surface area contributed by atoms with Gasteiger partial charge in [-0.25, -0.2) is 0 Å². The van der Waals surface area contributed by atoms with Crippen LogP contribution in [0.5, 0.6) is 5.75 Å². The second-order valence-electron chi connectivity index (χ2n) is 8.18. The highest BCUT2D eigenvalue weighted by Gasteiger charge is 2.27. The fourth-order valence-electron chi connectivity index (χ4n) is 4.22. The summed E-state index contributed by atoms with van der Waals surface area (Å²) in [5.74, 6) is -0.103. The molecule has 1 aliphatic heterocycles. The van der Waals surface area contributed by atoms with Crippen LogP contribution in [0.1, 0.15) is 22.6 Å². The summed E-state index contributed by atoms with van der Waals surface area (Å²) in [5, 5.41) is 3.06. The van der Waals surface area contributed by atoms with Gasteiger partial charge in [0.25, 0.3) is 5.91 Å². The molecule has 5 heteroatoms. The topological polar surface area (TPSA) is 58.6 Å². The monoisotopic (exact) mass is 448 g/mol. The minimum Gasteiger partial charge on any atom is -0.482 e. The number of rotatable bonds is 6. The lowest BCUT2D eigenvalue weighted by Crippen LogP contribution is -2.38. The predicted molar refractivity (Wildman–Crippen MR) is 133 cm³/mol. The Morgan fingerprint density at radius 1 is 0.824 bits per heavy atom. The van der Waals surface area contributed by atoms with Crippen LogP contribution in [0.15, 0.2) is 109 Å². The molecule has 5 rings (SSSR count). The summed E-state index contributed by atoms with van der Waals surface area (Å²) in [6.45, 7) is 0.430. The average molecular weight is 449 g/mol. The molecule has 1 heterocycles. The van der Waals surface area contributed by atoms with Crippen molar-refractivity contribution in [2.45, 2.75) is 12.5 Å². The molecule has 4 aromatic carbocycles. The Labute approximate surface area is 198 Å². The van der Waals surface area contributed by atoms with E-state index >= 15 is 0 Å². The molecule has 4 aromatic rings. The smallest absolute Gasteiger partial charge is 0.265 e. The SMILES string of the molecule is O=C(Nc1ccc2c(c1)N(Cc1ccccc1)C(=O)CO2)C(c1ccccc1)c1ccccc1. The molecule has 2 amide bonds. The summed E-state index contributed by atoms with van der Waals surface area (Å²) < 4.78 is 5.65. The van der Waals surface area contributed by atoms with Crippen molar-refractivity contribution >= 4 is 23.2 Å². The summed E-state index contributed by atoms with van der Waals surface area (Å²) in [5.41, 5.74) is 4.10. The first-order valence-electron chi connectivity index (χ1n) is 11.2. The van der Waals surface area contributed by atoms with E-state index in [1.165, 1.54) is 0 Å². The third kappa shape index (κ3) is 4.55. The van der Waals surface area contributed by atoms with Gasteiger partial charge < -0.3 is 15.0 Å². The Morgan fingerprint density at radius 2 is 1.41 bits per heavy atom. The van der Waals surface area contributed by atoms with Gasteiger partial charge >= 0.3 is 0 Å². The predicted octanol–water partition coefficient (Wildman–Crippen LogP) is 5.38. The zero-order valence-corrected chi connectivity index (χ0v) is 18.6. The van der Waals surface area contributed by atoms with Gasteiger partial charge in [0, 0.05) is 5.69 Å². The van der Waals surface area contributed by atoms with Crippen LogP contribution in [0.2, 0.25) is 0 Å². The van der Waals surface area contributed by atoms with E-state index < -0.39 is 5.92 Å². The number of carbonyl (C=O) groups excluding carboxylic acids is 2. The van der Waals surface area contributed by atoms with Gasteiger partial charge in [-0.05, 0) is 34.9 Å². The lowest BCUT2D eigenvalue weighted by molar-refractivity contribution is -0.121. The quantitative estimate of drug-likeness (QED) is 0.431. The Morgan fingerprint density at radius 3 is 2.03 bits per heavy atom. The number of fused-ring (bicyclic) bond motifs is 1. The average Bonchev–Trinajstić information content (AvgIpc) is 2.88. The van der Waals surface area contributed by atoms with E-state index in [-0.39, 0.29) is 18.4 Å². The van der Waals surface area contributed by atoms with Crippen molar-refractivity contribution in [1.29, 1.82) is 0 Å². The van der Waals surface area contributed by atoms with E-state index in [2.05, 4.69) is 5.32 Å². The molecule has 0 aromatic heterocycles. The summed E-state index contributed by atoms with van der Waals surface area (Å²) >= 11 is 0. The Hall–Kier alpha value is -4.38. The van der Waals surface area contributed by atoms with E-state index in [9.17, 15) is 9.59 Å². The molecular weight excluding hydrogens is 424 g/mol. The standard InChI is InChI=1S/C29H24N2O3/c32-27-20-34-26-17-16-24(18-25(26)31(27)19-21-10-4-1-5-11-21)30-29(33)28(22-12-6-2-7-13-22)23-14-8-3-9-15-23/h1-18,28H,19-20H2,(H,30,33). The number of nitrogens with zero attached hydrogens (tertiary/aromatic N) is 1. The molecule has 0 spiro atoms. The molecule has 0 saturated heterocycles. The molecule has 0 saturated carbocycles. The highest BCUT2D eigenvalue weighted by molar-refractivity contribution is 6.01.